The first kappa shape index (κ1) is 9.45. The molecular formula is C9H15N3O2. The first-order valence-electron chi connectivity index (χ1n) is 5.06. The van der Waals surface area contributed by atoms with Gasteiger partial charge in [0.1, 0.15) is 0 Å². The molecule has 2 saturated heterocycles. The lowest BCUT2D eigenvalue weighted by Gasteiger charge is -2.26. The molecule has 5 nitrogen and oxygen atoms in total. The maximum absolute atomic E-state index is 11.4. The average Bonchev–Trinajstić information content (AvgIpc) is 2.45. The van der Waals surface area contributed by atoms with Crippen LogP contribution in [0.5, 0.6) is 0 Å². The number of carbonyl (C=O) groups is 2. The van der Waals surface area contributed by atoms with Crippen LogP contribution < -0.4 is 16.0 Å². The van der Waals surface area contributed by atoms with Gasteiger partial charge in [-0.05, 0) is 19.4 Å². The molecule has 2 aliphatic rings. The molecule has 78 valence electrons. The monoisotopic (exact) mass is 197 g/mol. The third-order valence-corrected chi connectivity index (χ3v) is 2.75. The molecule has 2 unspecified atom stereocenters. The Bertz CT molecular complexity index is 250. The molecule has 14 heavy (non-hydrogen) atoms. The Morgan fingerprint density at radius 2 is 2.29 bits per heavy atom. The van der Waals surface area contributed by atoms with Crippen LogP contribution in [0.2, 0.25) is 0 Å². The van der Waals surface area contributed by atoms with Gasteiger partial charge in [-0.3, -0.25) is 9.59 Å². The number of hydrogen-bond acceptors (Lipinski definition) is 3. The molecule has 0 aromatic carbocycles. The molecule has 2 heterocycles. The van der Waals surface area contributed by atoms with E-state index >= 15 is 0 Å². The minimum atomic E-state index is -0.00731. The van der Waals surface area contributed by atoms with E-state index in [1.807, 2.05) is 0 Å². The Hall–Kier alpha value is -1.10. The fourth-order valence-corrected chi connectivity index (χ4v) is 1.69. The van der Waals surface area contributed by atoms with Gasteiger partial charge in [0.15, 0.2) is 0 Å². The van der Waals surface area contributed by atoms with Crippen molar-refractivity contribution in [1.82, 2.24) is 16.0 Å². The Kier molecular flexibility index (Phi) is 2.67. The van der Waals surface area contributed by atoms with Crippen molar-refractivity contribution in [2.24, 2.45) is 0 Å². The van der Waals surface area contributed by atoms with Gasteiger partial charge in [-0.25, -0.2) is 0 Å². The first-order chi connectivity index (χ1) is 6.75. The van der Waals surface area contributed by atoms with Gasteiger partial charge < -0.3 is 16.0 Å². The van der Waals surface area contributed by atoms with Crippen LogP contribution in [0.25, 0.3) is 0 Å². The molecule has 2 atom stereocenters. The molecule has 0 aromatic rings. The second-order valence-corrected chi connectivity index (χ2v) is 3.84. The van der Waals surface area contributed by atoms with Crippen LogP contribution in [-0.2, 0) is 9.59 Å². The Morgan fingerprint density at radius 3 is 2.79 bits per heavy atom. The molecule has 2 rings (SSSR count). The first-order valence-corrected chi connectivity index (χ1v) is 5.06. The number of rotatable bonds is 3. The molecule has 2 aliphatic heterocycles. The fraction of sp³-hybridized carbons (Fsp3) is 0.778. The third-order valence-electron chi connectivity index (χ3n) is 2.75. The van der Waals surface area contributed by atoms with E-state index in [4.69, 9.17) is 0 Å². The lowest BCUT2D eigenvalue weighted by Crippen LogP contribution is -2.54. The fourth-order valence-electron chi connectivity index (χ4n) is 1.69. The summed E-state index contributed by atoms with van der Waals surface area (Å²) in [5.74, 6) is 0.142. The summed E-state index contributed by atoms with van der Waals surface area (Å²) in [5, 5.41) is 8.67. The topological polar surface area (TPSA) is 70.2 Å². The zero-order chi connectivity index (χ0) is 9.97. The highest BCUT2D eigenvalue weighted by Gasteiger charge is 2.26. The van der Waals surface area contributed by atoms with E-state index in [-0.39, 0.29) is 23.9 Å². The number of hydrogen-bond donors (Lipinski definition) is 3. The van der Waals surface area contributed by atoms with Gasteiger partial charge >= 0.3 is 0 Å². The van der Waals surface area contributed by atoms with E-state index in [9.17, 15) is 9.59 Å². The van der Waals surface area contributed by atoms with E-state index < -0.39 is 0 Å². The second-order valence-electron chi connectivity index (χ2n) is 3.84. The van der Waals surface area contributed by atoms with Crippen LogP contribution in [0.1, 0.15) is 19.3 Å². The van der Waals surface area contributed by atoms with Crippen molar-refractivity contribution in [1.29, 1.82) is 0 Å². The molecule has 0 aromatic heterocycles. The summed E-state index contributed by atoms with van der Waals surface area (Å²) in [6.07, 6.45) is 2.34. The molecule has 0 saturated carbocycles. The summed E-state index contributed by atoms with van der Waals surface area (Å²) in [5.41, 5.74) is 0. The van der Waals surface area contributed by atoms with E-state index in [2.05, 4.69) is 16.0 Å². The predicted octanol–water partition coefficient (Wildman–Crippen LogP) is -1.26. The molecule has 2 fully saturated rings. The lowest BCUT2D eigenvalue weighted by atomic mass is 10.1. The lowest BCUT2D eigenvalue weighted by molar-refractivity contribution is -0.125. The van der Waals surface area contributed by atoms with Crippen LogP contribution in [0, 0.1) is 0 Å². The quantitative estimate of drug-likeness (QED) is 0.529. The number of nitrogens with one attached hydrogen (secondary N) is 3. The normalized spacial score (nSPS) is 30.7. The van der Waals surface area contributed by atoms with Crippen LogP contribution in [-0.4, -0.2) is 37.0 Å². The molecule has 0 radical (unpaired) electrons. The van der Waals surface area contributed by atoms with Gasteiger partial charge in [-0.1, -0.05) is 0 Å². The molecule has 5 heteroatoms. The summed E-state index contributed by atoms with van der Waals surface area (Å²) < 4.78 is 0. The van der Waals surface area contributed by atoms with Crippen LogP contribution >= 0.6 is 0 Å². The van der Waals surface area contributed by atoms with Gasteiger partial charge in [0.05, 0.1) is 6.04 Å². The van der Waals surface area contributed by atoms with Crippen molar-refractivity contribution in [3.8, 4) is 0 Å². The SMILES string of the molecule is O=C1CCC(CNC(=O)C2CCN2)N1. The summed E-state index contributed by atoms with van der Waals surface area (Å²) in [6.45, 7) is 1.49. The highest BCUT2D eigenvalue weighted by molar-refractivity contribution is 5.83. The molecule has 0 aliphatic carbocycles. The van der Waals surface area contributed by atoms with Crippen LogP contribution in [0.15, 0.2) is 0 Å². The smallest absolute Gasteiger partial charge is 0.237 e. The van der Waals surface area contributed by atoms with Gasteiger partial charge in [0.25, 0.3) is 0 Å². The average molecular weight is 197 g/mol. The third kappa shape index (κ3) is 2.04. The Balaban J connectivity index is 1.66. The van der Waals surface area contributed by atoms with Crippen molar-refractivity contribution < 1.29 is 9.59 Å². The van der Waals surface area contributed by atoms with Gasteiger partial charge in [-0.2, -0.15) is 0 Å². The standard InChI is InChI=1S/C9H15N3O2/c13-8-2-1-6(12-8)5-11-9(14)7-3-4-10-7/h6-7,10H,1-5H2,(H,11,14)(H,12,13). The minimum Gasteiger partial charge on any atom is -0.353 e. The van der Waals surface area contributed by atoms with Crippen molar-refractivity contribution in [3.63, 3.8) is 0 Å². The summed E-state index contributed by atoms with van der Waals surface area (Å²) >= 11 is 0. The van der Waals surface area contributed by atoms with Gasteiger partial charge in [0, 0.05) is 19.0 Å². The summed E-state index contributed by atoms with van der Waals surface area (Å²) in [4.78, 5) is 22.2. The maximum Gasteiger partial charge on any atom is 0.237 e. The number of carbonyl (C=O) groups excluding carboxylic acids is 2. The van der Waals surface area contributed by atoms with E-state index in [0.717, 1.165) is 19.4 Å². The maximum atomic E-state index is 11.4. The molecule has 0 bridgehead atoms. The van der Waals surface area contributed by atoms with Crippen molar-refractivity contribution >= 4 is 11.8 Å². The predicted molar refractivity (Wildman–Crippen MR) is 50.6 cm³/mol. The highest BCUT2D eigenvalue weighted by atomic mass is 16.2. The zero-order valence-corrected chi connectivity index (χ0v) is 8.01. The summed E-state index contributed by atoms with van der Waals surface area (Å²) in [7, 11) is 0. The highest BCUT2D eigenvalue weighted by Crippen LogP contribution is 2.06. The van der Waals surface area contributed by atoms with Crippen molar-refractivity contribution in [2.45, 2.75) is 31.3 Å². The zero-order valence-electron chi connectivity index (χ0n) is 8.01. The molecule has 0 spiro atoms. The molecule has 3 N–H and O–H groups in total. The van der Waals surface area contributed by atoms with Crippen LogP contribution in [0.3, 0.4) is 0 Å². The molecule has 2 amide bonds. The molecular weight excluding hydrogens is 182 g/mol. The Morgan fingerprint density at radius 1 is 1.50 bits per heavy atom. The van der Waals surface area contributed by atoms with Gasteiger partial charge in [-0.15, -0.1) is 0 Å². The Labute approximate surface area is 82.6 Å². The van der Waals surface area contributed by atoms with E-state index in [0.29, 0.717) is 13.0 Å². The van der Waals surface area contributed by atoms with Crippen molar-refractivity contribution in [2.75, 3.05) is 13.1 Å². The van der Waals surface area contributed by atoms with E-state index in [1.54, 1.807) is 0 Å². The van der Waals surface area contributed by atoms with E-state index in [1.165, 1.54) is 0 Å². The summed E-state index contributed by atoms with van der Waals surface area (Å²) in [6, 6.07) is 0.124. The largest absolute Gasteiger partial charge is 0.353 e. The van der Waals surface area contributed by atoms with Crippen molar-refractivity contribution in [3.05, 3.63) is 0 Å². The second kappa shape index (κ2) is 3.96. The van der Waals surface area contributed by atoms with Gasteiger partial charge in [0.2, 0.25) is 11.8 Å². The number of amides is 2. The van der Waals surface area contributed by atoms with Crippen LogP contribution in [0.4, 0.5) is 0 Å². The minimum absolute atomic E-state index is 0.00731.